The number of nitrogens with zero attached hydrogens (tertiary/aromatic N) is 2. The van der Waals surface area contributed by atoms with Gasteiger partial charge in [-0.3, -0.25) is 4.68 Å². The number of ether oxygens (including phenoxy) is 2. The van der Waals surface area contributed by atoms with Crippen molar-refractivity contribution in [3.63, 3.8) is 0 Å². The Morgan fingerprint density at radius 1 is 1.33 bits per heavy atom. The van der Waals surface area contributed by atoms with Gasteiger partial charge in [-0.05, 0) is 31.0 Å². The van der Waals surface area contributed by atoms with Gasteiger partial charge in [0.2, 0.25) is 0 Å². The van der Waals surface area contributed by atoms with Crippen molar-refractivity contribution in [3.8, 4) is 11.5 Å². The molecule has 2 unspecified atom stereocenters. The van der Waals surface area contributed by atoms with Crippen LogP contribution in [-0.4, -0.2) is 22.9 Å². The van der Waals surface area contributed by atoms with E-state index in [1.54, 1.807) is 18.0 Å². The summed E-state index contributed by atoms with van der Waals surface area (Å²) < 4.78 is 13.3. The molecule has 0 aliphatic heterocycles. The van der Waals surface area contributed by atoms with E-state index in [1.165, 1.54) is 0 Å². The van der Waals surface area contributed by atoms with E-state index in [-0.39, 0.29) is 12.1 Å². The molecule has 1 aromatic heterocycles. The second-order valence-electron chi connectivity index (χ2n) is 5.21. The SMILES string of the molecule is CCC(N)C(Oc1ccc(C)cc1OC)c1cnn(C)c1. The highest BCUT2D eigenvalue weighted by Crippen LogP contribution is 2.33. The smallest absolute Gasteiger partial charge is 0.162 e. The maximum absolute atomic E-state index is 6.22. The Balaban J connectivity index is 2.31. The minimum absolute atomic E-state index is 0.111. The quantitative estimate of drug-likeness (QED) is 0.888. The molecule has 0 radical (unpaired) electrons. The summed E-state index contributed by atoms with van der Waals surface area (Å²) >= 11 is 0. The molecular formula is C16H23N3O2. The highest BCUT2D eigenvalue weighted by molar-refractivity contribution is 5.43. The van der Waals surface area contributed by atoms with E-state index < -0.39 is 0 Å². The first-order valence-corrected chi connectivity index (χ1v) is 7.10. The van der Waals surface area contributed by atoms with Crippen LogP contribution in [0.15, 0.2) is 30.6 Å². The lowest BCUT2D eigenvalue weighted by molar-refractivity contribution is 0.164. The fourth-order valence-corrected chi connectivity index (χ4v) is 2.21. The van der Waals surface area contributed by atoms with Gasteiger partial charge in [-0.2, -0.15) is 5.10 Å². The highest BCUT2D eigenvalue weighted by atomic mass is 16.5. The first kappa shape index (κ1) is 15.4. The lowest BCUT2D eigenvalue weighted by atomic mass is 10.0. The Kier molecular flexibility index (Phi) is 4.85. The standard InChI is InChI=1S/C16H23N3O2/c1-5-13(17)16(12-9-18-19(3)10-12)21-14-7-6-11(2)8-15(14)20-4/h6-10,13,16H,5,17H2,1-4H3. The normalized spacial score (nSPS) is 13.8. The van der Waals surface area contributed by atoms with Crippen LogP contribution in [0.4, 0.5) is 0 Å². The van der Waals surface area contributed by atoms with Crippen molar-refractivity contribution in [1.82, 2.24) is 9.78 Å². The van der Waals surface area contributed by atoms with Crippen molar-refractivity contribution < 1.29 is 9.47 Å². The number of nitrogens with two attached hydrogens (primary N) is 1. The van der Waals surface area contributed by atoms with Gasteiger partial charge in [0, 0.05) is 24.8 Å². The van der Waals surface area contributed by atoms with Gasteiger partial charge in [-0.15, -0.1) is 0 Å². The zero-order valence-electron chi connectivity index (χ0n) is 13.0. The van der Waals surface area contributed by atoms with Crippen LogP contribution in [0.3, 0.4) is 0 Å². The Hall–Kier alpha value is -2.01. The van der Waals surface area contributed by atoms with Crippen molar-refractivity contribution in [1.29, 1.82) is 0 Å². The second-order valence-corrected chi connectivity index (χ2v) is 5.21. The van der Waals surface area contributed by atoms with Crippen LogP contribution in [0, 0.1) is 6.92 Å². The average Bonchev–Trinajstić information content (AvgIpc) is 2.91. The van der Waals surface area contributed by atoms with Gasteiger partial charge in [0.15, 0.2) is 11.5 Å². The number of methoxy groups -OCH3 is 1. The van der Waals surface area contributed by atoms with Gasteiger partial charge >= 0.3 is 0 Å². The summed E-state index contributed by atoms with van der Waals surface area (Å²) in [6.45, 7) is 4.06. The summed E-state index contributed by atoms with van der Waals surface area (Å²) in [5, 5.41) is 4.20. The second kappa shape index (κ2) is 6.63. The van der Waals surface area contributed by atoms with E-state index in [0.717, 1.165) is 17.5 Å². The number of benzene rings is 1. The third-order valence-electron chi connectivity index (χ3n) is 3.49. The molecule has 5 nitrogen and oxygen atoms in total. The van der Waals surface area contributed by atoms with Gasteiger partial charge in [-0.25, -0.2) is 0 Å². The lowest BCUT2D eigenvalue weighted by Gasteiger charge is -2.24. The van der Waals surface area contributed by atoms with Crippen molar-refractivity contribution in [2.45, 2.75) is 32.4 Å². The molecule has 0 bridgehead atoms. The van der Waals surface area contributed by atoms with Crippen LogP contribution in [0.25, 0.3) is 0 Å². The molecule has 0 aliphatic rings. The molecule has 2 rings (SSSR count). The highest BCUT2D eigenvalue weighted by Gasteiger charge is 2.23. The van der Waals surface area contributed by atoms with Crippen LogP contribution in [-0.2, 0) is 7.05 Å². The predicted molar refractivity (Wildman–Crippen MR) is 82.6 cm³/mol. The minimum Gasteiger partial charge on any atom is -0.493 e. The molecular weight excluding hydrogens is 266 g/mol. The van der Waals surface area contributed by atoms with Crippen LogP contribution in [0.2, 0.25) is 0 Å². The summed E-state index contributed by atoms with van der Waals surface area (Å²) in [4.78, 5) is 0. The van der Waals surface area contributed by atoms with E-state index >= 15 is 0 Å². The zero-order valence-corrected chi connectivity index (χ0v) is 13.0. The Labute approximate surface area is 125 Å². The predicted octanol–water partition coefficient (Wildman–Crippen LogP) is 2.59. The molecule has 2 N–H and O–H groups in total. The van der Waals surface area contributed by atoms with Crippen LogP contribution < -0.4 is 15.2 Å². The maximum atomic E-state index is 6.22. The summed E-state index contributed by atoms with van der Waals surface area (Å²) in [5.74, 6) is 1.41. The molecule has 0 saturated carbocycles. The first-order valence-electron chi connectivity index (χ1n) is 7.10. The molecule has 0 spiro atoms. The zero-order chi connectivity index (χ0) is 15.4. The summed E-state index contributed by atoms with van der Waals surface area (Å²) in [5.41, 5.74) is 8.31. The van der Waals surface area contributed by atoms with Crippen LogP contribution in [0.1, 0.15) is 30.6 Å². The fraction of sp³-hybridized carbons (Fsp3) is 0.438. The Morgan fingerprint density at radius 3 is 2.67 bits per heavy atom. The number of aromatic nitrogens is 2. The lowest BCUT2D eigenvalue weighted by Crippen LogP contribution is -2.31. The average molecular weight is 289 g/mol. The Morgan fingerprint density at radius 2 is 2.10 bits per heavy atom. The molecule has 5 heteroatoms. The molecule has 1 aromatic carbocycles. The van der Waals surface area contributed by atoms with Crippen molar-refractivity contribution in [2.24, 2.45) is 12.8 Å². The van der Waals surface area contributed by atoms with Gasteiger partial charge in [0.1, 0.15) is 6.10 Å². The third-order valence-corrected chi connectivity index (χ3v) is 3.49. The van der Waals surface area contributed by atoms with E-state index in [9.17, 15) is 0 Å². The molecule has 0 fully saturated rings. The Bertz CT molecular complexity index is 595. The molecule has 0 aliphatic carbocycles. The fourth-order valence-electron chi connectivity index (χ4n) is 2.21. The van der Waals surface area contributed by atoms with Crippen molar-refractivity contribution in [3.05, 3.63) is 41.7 Å². The molecule has 2 aromatic rings. The molecule has 21 heavy (non-hydrogen) atoms. The van der Waals surface area contributed by atoms with E-state index in [0.29, 0.717) is 11.5 Å². The molecule has 1 heterocycles. The monoisotopic (exact) mass is 289 g/mol. The number of hydrogen-bond acceptors (Lipinski definition) is 4. The van der Waals surface area contributed by atoms with Crippen LogP contribution >= 0.6 is 0 Å². The van der Waals surface area contributed by atoms with Crippen molar-refractivity contribution >= 4 is 0 Å². The minimum atomic E-state index is -0.250. The summed E-state index contributed by atoms with van der Waals surface area (Å²) in [6, 6.07) is 5.75. The number of aryl methyl sites for hydroxylation is 2. The molecule has 0 saturated heterocycles. The van der Waals surface area contributed by atoms with Gasteiger partial charge < -0.3 is 15.2 Å². The number of rotatable bonds is 6. The maximum Gasteiger partial charge on any atom is 0.162 e. The topological polar surface area (TPSA) is 62.3 Å². The van der Waals surface area contributed by atoms with E-state index in [4.69, 9.17) is 15.2 Å². The molecule has 2 atom stereocenters. The third kappa shape index (κ3) is 3.55. The van der Waals surface area contributed by atoms with Gasteiger partial charge in [0.25, 0.3) is 0 Å². The number of hydrogen-bond donors (Lipinski definition) is 1. The summed E-state index contributed by atoms with van der Waals surface area (Å²) in [6.07, 6.45) is 4.29. The first-order chi connectivity index (χ1) is 10.0. The van der Waals surface area contributed by atoms with Crippen molar-refractivity contribution in [2.75, 3.05) is 7.11 Å². The van der Waals surface area contributed by atoms with Gasteiger partial charge in [-0.1, -0.05) is 13.0 Å². The molecule has 0 amide bonds. The van der Waals surface area contributed by atoms with E-state index in [2.05, 4.69) is 5.10 Å². The molecule has 114 valence electrons. The van der Waals surface area contributed by atoms with E-state index in [1.807, 2.05) is 45.3 Å². The summed E-state index contributed by atoms with van der Waals surface area (Å²) in [7, 11) is 3.52. The largest absolute Gasteiger partial charge is 0.493 e. The van der Waals surface area contributed by atoms with Crippen LogP contribution in [0.5, 0.6) is 11.5 Å². The van der Waals surface area contributed by atoms with Gasteiger partial charge in [0.05, 0.1) is 13.3 Å².